The van der Waals surface area contributed by atoms with Gasteiger partial charge in [-0.15, -0.1) is 0 Å². The van der Waals surface area contributed by atoms with Crippen LogP contribution in [0, 0.1) is 0 Å². The first kappa shape index (κ1) is 17.0. The van der Waals surface area contributed by atoms with E-state index in [2.05, 4.69) is 9.88 Å². The third-order valence-electron chi connectivity index (χ3n) is 5.23. The molecule has 0 aliphatic carbocycles. The van der Waals surface area contributed by atoms with Crippen LogP contribution in [0.5, 0.6) is 0 Å². The van der Waals surface area contributed by atoms with E-state index in [9.17, 15) is 4.79 Å². The van der Waals surface area contributed by atoms with E-state index in [4.69, 9.17) is 9.72 Å². The normalized spacial score (nSPS) is 18.3. The molecule has 1 unspecified atom stereocenters. The van der Waals surface area contributed by atoms with Crippen molar-refractivity contribution in [2.24, 2.45) is 0 Å². The number of rotatable bonds is 3. The quantitative estimate of drug-likeness (QED) is 0.846. The van der Waals surface area contributed by atoms with Gasteiger partial charge in [0.2, 0.25) is 11.9 Å². The van der Waals surface area contributed by atoms with Crippen LogP contribution in [0.1, 0.15) is 29.7 Å². The number of aromatic nitrogens is 2. The van der Waals surface area contributed by atoms with Gasteiger partial charge >= 0.3 is 0 Å². The van der Waals surface area contributed by atoms with Crippen molar-refractivity contribution < 1.29 is 9.53 Å². The zero-order valence-corrected chi connectivity index (χ0v) is 15.1. The minimum atomic E-state index is -0.109. The van der Waals surface area contributed by atoms with Crippen LogP contribution < -0.4 is 4.90 Å². The van der Waals surface area contributed by atoms with Gasteiger partial charge in [0.25, 0.3) is 0 Å². The molecule has 6 heteroatoms. The van der Waals surface area contributed by atoms with Gasteiger partial charge < -0.3 is 14.5 Å². The summed E-state index contributed by atoms with van der Waals surface area (Å²) in [5.41, 5.74) is 3.25. The van der Waals surface area contributed by atoms with Gasteiger partial charge in [0.15, 0.2) is 0 Å². The molecule has 6 nitrogen and oxygen atoms in total. The van der Waals surface area contributed by atoms with Crippen molar-refractivity contribution in [3.05, 3.63) is 53.3 Å². The summed E-state index contributed by atoms with van der Waals surface area (Å²) in [7, 11) is 0. The number of carbonyl (C=O) groups is 1. The highest BCUT2D eigenvalue weighted by Gasteiger charge is 2.27. The summed E-state index contributed by atoms with van der Waals surface area (Å²) in [6.45, 7) is 6.27. The molecular weight excluding hydrogens is 328 g/mol. The topological polar surface area (TPSA) is 58.6 Å². The molecule has 0 radical (unpaired) electrons. The van der Waals surface area contributed by atoms with Gasteiger partial charge in [-0.1, -0.05) is 30.3 Å². The molecule has 0 bridgehead atoms. The van der Waals surface area contributed by atoms with Crippen molar-refractivity contribution in [2.45, 2.75) is 25.9 Å². The maximum absolute atomic E-state index is 12.8. The van der Waals surface area contributed by atoms with E-state index >= 15 is 0 Å². The number of piperazine rings is 1. The molecule has 2 aliphatic rings. The highest BCUT2D eigenvalue weighted by atomic mass is 16.5. The van der Waals surface area contributed by atoms with Crippen LogP contribution in [0.3, 0.4) is 0 Å². The predicted octanol–water partition coefficient (Wildman–Crippen LogP) is 2.00. The highest BCUT2D eigenvalue weighted by Crippen LogP contribution is 2.21. The molecule has 0 saturated carbocycles. The zero-order valence-electron chi connectivity index (χ0n) is 15.1. The molecule has 1 atom stereocenters. The molecule has 136 valence electrons. The molecule has 3 heterocycles. The fraction of sp³-hybridized carbons (Fsp3) is 0.450. The van der Waals surface area contributed by atoms with Gasteiger partial charge in [0.05, 0.1) is 24.8 Å². The first-order valence-electron chi connectivity index (χ1n) is 9.23. The van der Waals surface area contributed by atoms with Crippen molar-refractivity contribution in [2.75, 3.05) is 37.7 Å². The Hall–Kier alpha value is -2.47. The fourth-order valence-electron chi connectivity index (χ4n) is 3.56. The first-order chi connectivity index (χ1) is 12.7. The number of nitrogens with zero attached hydrogens (tertiary/aromatic N) is 4. The third kappa shape index (κ3) is 3.42. The Morgan fingerprint density at radius 3 is 2.69 bits per heavy atom. The highest BCUT2D eigenvalue weighted by molar-refractivity contribution is 5.83. The van der Waals surface area contributed by atoms with Gasteiger partial charge in [-0.3, -0.25) is 4.79 Å². The van der Waals surface area contributed by atoms with E-state index in [1.165, 1.54) is 0 Å². The minimum absolute atomic E-state index is 0.109. The monoisotopic (exact) mass is 352 g/mol. The Kier molecular flexibility index (Phi) is 4.84. The smallest absolute Gasteiger partial charge is 0.229 e. The molecule has 1 aromatic carbocycles. The van der Waals surface area contributed by atoms with E-state index < -0.39 is 0 Å². The van der Waals surface area contributed by atoms with E-state index in [1.54, 1.807) is 0 Å². The molecule has 2 aromatic rings. The van der Waals surface area contributed by atoms with Gasteiger partial charge in [0.1, 0.15) is 0 Å². The SMILES string of the molecule is CC(C(=O)N1CCN(c2ncc3c(n2)CCOC3)CC1)c1ccccc1. The lowest BCUT2D eigenvalue weighted by Gasteiger charge is -2.36. The maximum Gasteiger partial charge on any atom is 0.229 e. The van der Waals surface area contributed by atoms with Crippen LogP contribution in [-0.2, 0) is 22.6 Å². The second-order valence-corrected chi connectivity index (χ2v) is 6.89. The molecule has 1 fully saturated rings. The Morgan fingerprint density at radius 2 is 1.92 bits per heavy atom. The van der Waals surface area contributed by atoms with Crippen molar-refractivity contribution in [1.82, 2.24) is 14.9 Å². The van der Waals surface area contributed by atoms with Gasteiger partial charge in [0, 0.05) is 44.4 Å². The average Bonchev–Trinajstić information content (AvgIpc) is 2.73. The zero-order chi connectivity index (χ0) is 17.9. The lowest BCUT2D eigenvalue weighted by Crippen LogP contribution is -2.50. The van der Waals surface area contributed by atoms with Crippen LogP contribution >= 0.6 is 0 Å². The average molecular weight is 352 g/mol. The second kappa shape index (κ2) is 7.41. The molecule has 1 saturated heterocycles. The molecule has 0 spiro atoms. The summed E-state index contributed by atoms with van der Waals surface area (Å²) in [6.07, 6.45) is 2.73. The van der Waals surface area contributed by atoms with Crippen molar-refractivity contribution in [3.8, 4) is 0 Å². The lowest BCUT2D eigenvalue weighted by molar-refractivity contribution is -0.132. The van der Waals surface area contributed by atoms with Gasteiger partial charge in [-0.2, -0.15) is 0 Å². The first-order valence-corrected chi connectivity index (χ1v) is 9.23. The molecule has 1 amide bonds. The molecule has 4 rings (SSSR count). The number of carbonyl (C=O) groups excluding carboxylic acids is 1. The predicted molar refractivity (Wildman–Crippen MR) is 99.0 cm³/mol. The van der Waals surface area contributed by atoms with Crippen LogP contribution in [0.15, 0.2) is 36.5 Å². The number of benzene rings is 1. The maximum atomic E-state index is 12.8. The van der Waals surface area contributed by atoms with Gasteiger partial charge in [-0.05, 0) is 12.5 Å². The van der Waals surface area contributed by atoms with E-state index in [1.807, 2.05) is 48.4 Å². The Bertz CT molecular complexity index is 773. The van der Waals surface area contributed by atoms with Crippen LogP contribution in [0.2, 0.25) is 0 Å². The summed E-state index contributed by atoms with van der Waals surface area (Å²) in [4.78, 5) is 26.1. The van der Waals surface area contributed by atoms with Crippen LogP contribution in [0.4, 0.5) is 5.95 Å². The molecule has 26 heavy (non-hydrogen) atoms. The van der Waals surface area contributed by atoms with Crippen molar-refractivity contribution in [1.29, 1.82) is 0 Å². The van der Waals surface area contributed by atoms with E-state index in [0.717, 1.165) is 48.9 Å². The standard InChI is InChI=1S/C20H24N4O2/c1-15(16-5-3-2-4-6-16)19(25)23-8-10-24(11-9-23)20-21-13-17-14-26-12-7-18(17)22-20/h2-6,13,15H,7-12,14H2,1H3. The van der Waals surface area contributed by atoms with E-state index in [0.29, 0.717) is 19.7 Å². The number of amides is 1. The van der Waals surface area contributed by atoms with Crippen molar-refractivity contribution >= 4 is 11.9 Å². The van der Waals surface area contributed by atoms with Crippen LogP contribution in [0.25, 0.3) is 0 Å². The summed E-state index contributed by atoms with van der Waals surface area (Å²) >= 11 is 0. The number of fused-ring (bicyclic) bond motifs is 1. The Labute approximate surface area is 153 Å². The minimum Gasteiger partial charge on any atom is -0.376 e. The largest absolute Gasteiger partial charge is 0.376 e. The molecule has 0 N–H and O–H groups in total. The summed E-state index contributed by atoms with van der Waals surface area (Å²) in [6, 6.07) is 9.97. The number of ether oxygens (including phenoxy) is 1. The third-order valence-corrected chi connectivity index (χ3v) is 5.23. The second-order valence-electron chi connectivity index (χ2n) is 6.89. The molecule has 1 aromatic heterocycles. The fourth-order valence-corrected chi connectivity index (χ4v) is 3.56. The van der Waals surface area contributed by atoms with Crippen LogP contribution in [-0.4, -0.2) is 53.6 Å². The lowest BCUT2D eigenvalue weighted by atomic mass is 9.99. The van der Waals surface area contributed by atoms with E-state index in [-0.39, 0.29) is 11.8 Å². The Balaban J connectivity index is 1.39. The Morgan fingerprint density at radius 1 is 1.15 bits per heavy atom. The van der Waals surface area contributed by atoms with Crippen molar-refractivity contribution in [3.63, 3.8) is 0 Å². The number of hydrogen-bond acceptors (Lipinski definition) is 5. The summed E-state index contributed by atoms with van der Waals surface area (Å²) < 4.78 is 5.44. The summed E-state index contributed by atoms with van der Waals surface area (Å²) in [5.74, 6) is 0.857. The molecule has 2 aliphatic heterocycles. The number of hydrogen-bond donors (Lipinski definition) is 0. The molecular formula is C20H24N4O2. The summed E-state index contributed by atoms with van der Waals surface area (Å²) in [5, 5.41) is 0. The number of anilines is 1. The van der Waals surface area contributed by atoms with Gasteiger partial charge in [-0.25, -0.2) is 9.97 Å².